The maximum atomic E-state index is 12.0. The van der Waals surface area contributed by atoms with E-state index < -0.39 is 10.2 Å². The van der Waals surface area contributed by atoms with Crippen LogP contribution in [0.5, 0.6) is 0 Å². The van der Waals surface area contributed by atoms with Gasteiger partial charge >= 0.3 is 0 Å². The van der Waals surface area contributed by atoms with E-state index in [0.29, 0.717) is 26.2 Å². The summed E-state index contributed by atoms with van der Waals surface area (Å²) < 4.78 is 28.1. The minimum atomic E-state index is -3.40. The number of likely N-dealkylation sites (N-methyl/N-ethyl adjacent to an activating group) is 1. The number of hydrogen-bond donors (Lipinski definition) is 2. The first-order valence-electron chi connectivity index (χ1n) is 6.03. The van der Waals surface area contributed by atoms with Gasteiger partial charge in [0.05, 0.1) is 0 Å². The third kappa shape index (κ3) is 6.35. The molecule has 0 aliphatic heterocycles. The molecule has 0 saturated heterocycles. The fourth-order valence-corrected chi connectivity index (χ4v) is 2.75. The second-order valence-corrected chi connectivity index (χ2v) is 5.67. The maximum Gasteiger partial charge on any atom is 0.279 e. The summed E-state index contributed by atoms with van der Waals surface area (Å²) in [5.74, 6) is 0. The van der Waals surface area contributed by atoms with Crippen molar-refractivity contribution in [3.63, 3.8) is 0 Å². The fraction of sp³-hybridized carbons (Fsp3) is 0.500. The number of nitrogens with zero attached hydrogens (tertiary/aromatic N) is 1. The van der Waals surface area contributed by atoms with Gasteiger partial charge in [-0.15, -0.1) is 12.4 Å². The van der Waals surface area contributed by atoms with Gasteiger partial charge in [0.1, 0.15) is 0 Å². The molecule has 0 fully saturated rings. The summed E-state index contributed by atoms with van der Waals surface area (Å²) in [5.41, 5.74) is 0.985. The van der Waals surface area contributed by atoms with Gasteiger partial charge in [0.25, 0.3) is 10.2 Å². The zero-order chi connectivity index (χ0) is 13.4. The number of hydrogen-bond acceptors (Lipinski definition) is 3. The molecule has 0 aliphatic carbocycles. The third-order valence-corrected chi connectivity index (χ3v) is 4.19. The van der Waals surface area contributed by atoms with E-state index in [2.05, 4.69) is 10.0 Å². The van der Waals surface area contributed by atoms with E-state index in [1.54, 1.807) is 7.05 Å². The van der Waals surface area contributed by atoms with Crippen molar-refractivity contribution >= 4 is 22.6 Å². The van der Waals surface area contributed by atoms with Gasteiger partial charge in [0.15, 0.2) is 0 Å². The van der Waals surface area contributed by atoms with Crippen LogP contribution in [0.15, 0.2) is 30.3 Å². The van der Waals surface area contributed by atoms with Crippen LogP contribution < -0.4 is 10.0 Å². The quantitative estimate of drug-likeness (QED) is 0.704. The Kier molecular flexibility index (Phi) is 8.95. The normalized spacial score (nSPS) is 11.3. The minimum Gasteiger partial charge on any atom is -0.318 e. The lowest BCUT2D eigenvalue weighted by Crippen LogP contribution is -2.42. The molecule has 0 aliphatic rings. The minimum absolute atomic E-state index is 0. The smallest absolute Gasteiger partial charge is 0.279 e. The Bertz CT molecular complexity index is 440. The summed E-state index contributed by atoms with van der Waals surface area (Å²) in [7, 11) is -1.61. The highest BCUT2D eigenvalue weighted by atomic mass is 35.5. The number of rotatable bonds is 8. The van der Waals surface area contributed by atoms with Crippen molar-refractivity contribution in [2.75, 3.05) is 26.7 Å². The van der Waals surface area contributed by atoms with Crippen LogP contribution in [0.2, 0.25) is 0 Å². The van der Waals surface area contributed by atoms with Crippen molar-refractivity contribution in [3.8, 4) is 0 Å². The van der Waals surface area contributed by atoms with Gasteiger partial charge in [-0.2, -0.15) is 12.7 Å². The maximum absolute atomic E-state index is 12.0. The van der Waals surface area contributed by atoms with Crippen molar-refractivity contribution < 1.29 is 8.42 Å². The molecule has 0 unspecified atom stereocenters. The van der Waals surface area contributed by atoms with Crippen LogP contribution >= 0.6 is 12.4 Å². The van der Waals surface area contributed by atoms with Crippen LogP contribution in [0.4, 0.5) is 0 Å². The zero-order valence-electron chi connectivity index (χ0n) is 11.3. The standard InChI is InChI=1S/C12H21N3O2S.ClH/c1-3-15(11-12-7-5-4-6-8-12)18(16,17)14-10-9-13-2;/h4-8,13-14H,3,9-11H2,1-2H3;1H. The molecule has 0 saturated carbocycles. The first-order valence-corrected chi connectivity index (χ1v) is 7.47. The average molecular weight is 308 g/mol. The summed E-state index contributed by atoms with van der Waals surface area (Å²) in [6.07, 6.45) is 0. The molecule has 19 heavy (non-hydrogen) atoms. The number of benzene rings is 1. The largest absolute Gasteiger partial charge is 0.318 e. The first kappa shape index (κ1) is 18.3. The van der Waals surface area contributed by atoms with Crippen molar-refractivity contribution in [2.45, 2.75) is 13.5 Å². The van der Waals surface area contributed by atoms with Gasteiger partial charge in [-0.3, -0.25) is 0 Å². The summed E-state index contributed by atoms with van der Waals surface area (Å²) in [5, 5.41) is 2.90. The highest BCUT2D eigenvalue weighted by molar-refractivity contribution is 7.87. The van der Waals surface area contributed by atoms with Crippen molar-refractivity contribution in [2.24, 2.45) is 0 Å². The predicted octanol–water partition coefficient (Wildman–Crippen LogP) is 0.984. The average Bonchev–Trinajstić information content (AvgIpc) is 2.37. The Labute approximate surface area is 122 Å². The highest BCUT2D eigenvalue weighted by Crippen LogP contribution is 2.07. The Morgan fingerprint density at radius 1 is 1.16 bits per heavy atom. The van der Waals surface area contributed by atoms with Crippen molar-refractivity contribution in [1.29, 1.82) is 0 Å². The van der Waals surface area contributed by atoms with Crippen LogP contribution in [0.1, 0.15) is 12.5 Å². The third-order valence-electron chi connectivity index (χ3n) is 2.55. The zero-order valence-corrected chi connectivity index (χ0v) is 12.9. The first-order chi connectivity index (χ1) is 8.60. The second kappa shape index (κ2) is 9.28. The van der Waals surface area contributed by atoms with Crippen molar-refractivity contribution in [1.82, 2.24) is 14.3 Å². The predicted molar refractivity (Wildman–Crippen MR) is 80.6 cm³/mol. The summed E-state index contributed by atoms with van der Waals surface area (Å²) in [6, 6.07) is 9.57. The molecule has 0 bridgehead atoms. The Morgan fingerprint density at radius 2 is 1.79 bits per heavy atom. The molecule has 2 N–H and O–H groups in total. The molecule has 110 valence electrons. The van der Waals surface area contributed by atoms with Gasteiger partial charge in [0, 0.05) is 26.2 Å². The monoisotopic (exact) mass is 307 g/mol. The summed E-state index contributed by atoms with van der Waals surface area (Å²) in [4.78, 5) is 0. The van der Waals surface area contributed by atoms with Gasteiger partial charge in [-0.1, -0.05) is 37.3 Å². The second-order valence-electron chi connectivity index (χ2n) is 3.91. The molecular weight excluding hydrogens is 286 g/mol. The lowest BCUT2D eigenvalue weighted by molar-refractivity contribution is 0.414. The molecule has 0 amide bonds. The Balaban J connectivity index is 0.00000324. The lowest BCUT2D eigenvalue weighted by atomic mass is 10.2. The van der Waals surface area contributed by atoms with Crippen LogP contribution in [0, 0.1) is 0 Å². The molecule has 7 heteroatoms. The van der Waals surface area contributed by atoms with E-state index in [1.165, 1.54) is 4.31 Å². The number of halogens is 1. The Hall–Kier alpha value is -0.660. The summed E-state index contributed by atoms with van der Waals surface area (Å²) in [6.45, 7) is 3.68. The summed E-state index contributed by atoms with van der Waals surface area (Å²) >= 11 is 0. The van der Waals surface area contributed by atoms with Gasteiger partial charge < -0.3 is 5.32 Å². The number of nitrogens with one attached hydrogen (secondary N) is 2. The lowest BCUT2D eigenvalue weighted by Gasteiger charge is -2.20. The van der Waals surface area contributed by atoms with Crippen LogP contribution in [-0.4, -0.2) is 39.4 Å². The van der Waals surface area contributed by atoms with E-state index in [1.807, 2.05) is 37.3 Å². The van der Waals surface area contributed by atoms with Crippen LogP contribution in [-0.2, 0) is 16.8 Å². The Morgan fingerprint density at radius 3 is 2.32 bits per heavy atom. The molecule has 1 aromatic rings. The van der Waals surface area contributed by atoms with E-state index in [-0.39, 0.29) is 12.4 Å². The molecule has 0 radical (unpaired) electrons. The molecule has 5 nitrogen and oxygen atoms in total. The van der Waals surface area contributed by atoms with E-state index in [0.717, 1.165) is 5.56 Å². The van der Waals surface area contributed by atoms with E-state index >= 15 is 0 Å². The molecule has 1 rings (SSSR count). The molecule has 0 spiro atoms. The topological polar surface area (TPSA) is 61.4 Å². The molecule has 1 aromatic carbocycles. The molecule has 0 aromatic heterocycles. The molecular formula is C12H22ClN3O2S. The molecule has 0 heterocycles. The SMILES string of the molecule is CCN(Cc1ccccc1)S(=O)(=O)NCCNC.Cl. The van der Waals surface area contributed by atoms with E-state index in [4.69, 9.17) is 0 Å². The van der Waals surface area contributed by atoms with E-state index in [9.17, 15) is 8.42 Å². The van der Waals surface area contributed by atoms with Gasteiger partial charge in [0.2, 0.25) is 0 Å². The van der Waals surface area contributed by atoms with Crippen LogP contribution in [0.3, 0.4) is 0 Å². The molecule has 0 atom stereocenters. The van der Waals surface area contributed by atoms with Crippen LogP contribution in [0.25, 0.3) is 0 Å². The van der Waals surface area contributed by atoms with Crippen molar-refractivity contribution in [3.05, 3.63) is 35.9 Å². The van der Waals surface area contributed by atoms with Gasteiger partial charge in [-0.25, -0.2) is 4.72 Å². The van der Waals surface area contributed by atoms with Gasteiger partial charge in [-0.05, 0) is 12.6 Å². The fourth-order valence-electron chi connectivity index (χ4n) is 1.55. The highest BCUT2D eigenvalue weighted by Gasteiger charge is 2.19.